The summed E-state index contributed by atoms with van der Waals surface area (Å²) in [5.74, 6) is -7.75. The van der Waals surface area contributed by atoms with Gasteiger partial charge in [0.05, 0.1) is 12.6 Å². The van der Waals surface area contributed by atoms with Crippen molar-refractivity contribution < 1.29 is 53.3 Å². The quantitative estimate of drug-likeness (QED) is 0.240. The molecule has 2 fully saturated rings. The normalized spacial score (nSPS) is 27.0. The molecule has 0 spiro atoms. The molecule has 2 aromatic rings. The van der Waals surface area contributed by atoms with Crippen LogP contribution in [0.15, 0.2) is 48.7 Å². The Morgan fingerprint density at radius 2 is 1.52 bits per heavy atom. The van der Waals surface area contributed by atoms with Crippen molar-refractivity contribution in [3.63, 3.8) is 0 Å². The average molecular weight is 879 g/mol. The van der Waals surface area contributed by atoms with Crippen LogP contribution in [-0.2, 0) is 38.3 Å². The number of nitrogens with one attached hydrogen (secondary N) is 3. The van der Waals surface area contributed by atoms with Crippen LogP contribution >= 0.6 is 0 Å². The molecule has 1 aromatic carbocycles. The third kappa shape index (κ3) is 11.9. The molecule has 344 valence electrons. The molecule has 2 aliphatic heterocycles. The van der Waals surface area contributed by atoms with Crippen molar-refractivity contribution >= 4 is 47.3 Å². The number of carbonyl (C=O) groups excluding carboxylic acids is 8. The number of nitrogens with zero attached hydrogens (tertiary/aromatic N) is 5. The predicted octanol–water partition coefficient (Wildman–Crippen LogP) is 0.606. The number of aromatic hydroxyl groups is 1. The molecule has 0 bridgehead atoms. The molecule has 2 aliphatic rings. The molecule has 1 unspecified atom stereocenters. The second-order valence-corrected chi connectivity index (χ2v) is 17.3. The van der Waals surface area contributed by atoms with Gasteiger partial charge >= 0.3 is 5.97 Å². The number of benzene rings is 1. The van der Waals surface area contributed by atoms with Crippen molar-refractivity contribution in [3.8, 4) is 5.75 Å². The van der Waals surface area contributed by atoms with Crippen molar-refractivity contribution in [1.29, 1.82) is 0 Å². The van der Waals surface area contributed by atoms with Gasteiger partial charge in [-0.05, 0) is 55.7 Å². The highest BCUT2D eigenvalue weighted by atomic mass is 16.5. The van der Waals surface area contributed by atoms with E-state index in [9.17, 15) is 48.6 Å². The second-order valence-electron chi connectivity index (χ2n) is 17.3. The molecule has 7 amide bonds. The maximum Gasteiger partial charge on any atom is 0.333 e. The zero-order valence-electron chi connectivity index (χ0n) is 37.6. The number of likely N-dealkylation sites (N-methyl/N-ethyl adjacent to an activating group) is 3. The molecule has 0 aliphatic carbocycles. The van der Waals surface area contributed by atoms with Gasteiger partial charge in [-0.1, -0.05) is 65.0 Å². The van der Waals surface area contributed by atoms with Crippen LogP contribution in [0.1, 0.15) is 83.4 Å². The first-order valence-electron chi connectivity index (χ1n) is 21.1. The first-order chi connectivity index (χ1) is 29.5. The lowest BCUT2D eigenvalue weighted by Crippen LogP contribution is -2.60. The summed E-state index contributed by atoms with van der Waals surface area (Å²) in [6, 6.07) is 2.60. The van der Waals surface area contributed by atoms with Gasteiger partial charge in [-0.2, -0.15) is 0 Å². The minimum atomic E-state index is -1.74. The molecular weight excluding hydrogens is 817 g/mol. The van der Waals surface area contributed by atoms with Gasteiger partial charge in [0.1, 0.15) is 42.1 Å². The fourth-order valence-corrected chi connectivity index (χ4v) is 7.82. The number of carbonyl (C=O) groups is 8. The van der Waals surface area contributed by atoms with E-state index in [1.807, 2.05) is 13.8 Å². The predicted molar refractivity (Wildman–Crippen MR) is 228 cm³/mol. The van der Waals surface area contributed by atoms with Crippen LogP contribution in [0.2, 0.25) is 0 Å². The van der Waals surface area contributed by atoms with Crippen LogP contribution in [0.3, 0.4) is 0 Å². The molecule has 9 atom stereocenters. The topological polar surface area (TPSA) is 248 Å². The molecule has 4 rings (SSSR count). The minimum absolute atomic E-state index is 0.0335. The second kappa shape index (κ2) is 21.3. The number of cyclic esters (lactones) is 1. The number of hydrogen-bond acceptors (Lipinski definition) is 12. The first kappa shape index (κ1) is 49.5. The molecule has 19 heteroatoms. The van der Waals surface area contributed by atoms with Crippen molar-refractivity contribution in [3.05, 3.63) is 59.9 Å². The zero-order valence-corrected chi connectivity index (χ0v) is 37.6. The largest absolute Gasteiger partial charge is 0.505 e. The maximum absolute atomic E-state index is 14.5. The molecule has 63 heavy (non-hydrogen) atoms. The summed E-state index contributed by atoms with van der Waals surface area (Å²) in [5.41, 5.74) is -0.145. The SMILES string of the molecule is CC(C)C[C@H]1NC(=O)[C@@H](NC(=O)c2ncccc2O)[C@H](C)OC(=O)[C@@H](c2ccccc2)N(C)C(=O)[C@H](C)NC(=O)[C@H](C(C)C(C)C)N(C)C(=O)CN(C)C(=O)[C@H]2C[C@H](O)CN2C1=O. The fraction of sp³-hybridized carbons (Fsp3) is 0.568. The van der Waals surface area contributed by atoms with Crippen molar-refractivity contribution in [1.82, 2.24) is 40.5 Å². The van der Waals surface area contributed by atoms with Crippen molar-refractivity contribution in [2.24, 2.45) is 17.8 Å². The Morgan fingerprint density at radius 3 is 2.13 bits per heavy atom. The van der Waals surface area contributed by atoms with Gasteiger partial charge in [-0.15, -0.1) is 0 Å². The number of rotatable bonds is 7. The number of hydrogen-bond donors (Lipinski definition) is 5. The summed E-state index contributed by atoms with van der Waals surface area (Å²) in [7, 11) is 4.13. The number of ether oxygens (including phenoxy) is 1. The van der Waals surface area contributed by atoms with Gasteiger partial charge in [-0.25, -0.2) is 9.78 Å². The number of aliphatic hydroxyl groups excluding tert-OH is 1. The van der Waals surface area contributed by atoms with Crippen LogP contribution in [0.5, 0.6) is 5.75 Å². The Kier molecular flexibility index (Phi) is 16.8. The van der Waals surface area contributed by atoms with E-state index in [2.05, 4.69) is 20.9 Å². The van der Waals surface area contributed by atoms with Gasteiger partial charge in [0, 0.05) is 40.3 Å². The zero-order chi connectivity index (χ0) is 47.0. The van der Waals surface area contributed by atoms with Crippen LogP contribution < -0.4 is 16.0 Å². The molecule has 0 saturated carbocycles. The standard InChI is InChI=1S/C44H62N8O11/c1-23(2)19-30-42(60)52-21-29(53)20-31(52)43(61)49(8)22-33(55)50(9)36(25(5)24(3)4)40(58)46-26(6)41(59)51(10)37(28-15-12-11-13-16-28)44(62)63-27(7)34(38(56)47-30)48-39(57)35-32(54)17-14-18-45-35/h11-18,23-27,29-31,34,36-37,53-54H,19-22H2,1-10H3,(H,46,58)(H,47,56)(H,48,57)/t25?,26-,27-,29-,30+,31+,34-,36-,37+/m0/s1. The van der Waals surface area contributed by atoms with E-state index < -0.39 is 120 Å². The van der Waals surface area contributed by atoms with Crippen LogP contribution in [0.4, 0.5) is 0 Å². The first-order valence-corrected chi connectivity index (χ1v) is 21.1. The van der Waals surface area contributed by atoms with E-state index in [1.54, 1.807) is 51.1 Å². The summed E-state index contributed by atoms with van der Waals surface area (Å²) in [6.45, 7) is 11.1. The van der Waals surface area contributed by atoms with E-state index in [-0.39, 0.29) is 31.2 Å². The highest BCUT2D eigenvalue weighted by molar-refractivity contribution is 6.00. The number of amides is 7. The maximum atomic E-state index is 14.5. The van der Waals surface area contributed by atoms with Crippen LogP contribution in [-0.4, -0.2) is 159 Å². The van der Waals surface area contributed by atoms with Crippen molar-refractivity contribution in [2.45, 2.75) is 110 Å². The monoisotopic (exact) mass is 878 g/mol. The summed E-state index contributed by atoms with van der Waals surface area (Å²) in [5, 5.41) is 29.1. The average Bonchev–Trinajstić information content (AvgIpc) is 3.62. The highest BCUT2D eigenvalue weighted by Crippen LogP contribution is 2.26. The molecular formula is C44H62N8O11. The number of aliphatic hydroxyl groups is 1. The molecule has 5 N–H and O–H groups in total. The molecule has 3 heterocycles. The summed E-state index contributed by atoms with van der Waals surface area (Å²) >= 11 is 0. The number of esters is 1. The van der Waals surface area contributed by atoms with Crippen LogP contribution in [0.25, 0.3) is 0 Å². The van der Waals surface area contributed by atoms with Gasteiger partial charge in [0.15, 0.2) is 11.7 Å². The van der Waals surface area contributed by atoms with Crippen LogP contribution in [0, 0.1) is 17.8 Å². The molecule has 19 nitrogen and oxygen atoms in total. The highest BCUT2D eigenvalue weighted by Gasteiger charge is 2.45. The third-order valence-electron chi connectivity index (χ3n) is 11.7. The van der Waals surface area contributed by atoms with Gasteiger partial charge in [-0.3, -0.25) is 33.6 Å². The number of aromatic nitrogens is 1. The Morgan fingerprint density at radius 1 is 0.873 bits per heavy atom. The summed E-state index contributed by atoms with van der Waals surface area (Å²) in [4.78, 5) is 122. The Balaban J connectivity index is 1.86. The lowest BCUT2D eigenvalue weighted by molar-refractivity contribution is -0.161. The van der Waals surface area contributed by atoms with Gasteiger partial charge in [0.2, 0.25) is 35.4 Å². The van der Waals surface area contributed by atoms with Gasteiger partial charge < -0.3 is 50.5 Å². The minimum Gasteiger partial charge on any atom is -0.505 e. The smallest absolute Gasteiger partial charge is 0.333 e. The third-order valence-corrected chi connectivity index (χ3v) is 11.7. The Hall–Kier alpha value is -6.11. The van der Waals surface area contributed by atoms with E-state index in [4.69, 9.17) is 4.74 Å². The van der Waals surface area contributed by atoms with Crippen molar-refractivity contribution in [2.75, 3.05) is 34.2 Å². The fourth-order valence-electron chi connectivity index (χ4n) is 7.82. The lowest BCUT2D eigenvalue weighted by atomic mass is 9.88. The van der Waals surface area contributed by atoms with E-state index >= 15 is 0 Å². The Bertz CT molecular complexity index is 2020. The van der Waals surface area contributed by atoms with E-state index in [0.717, 1.165) is 14.7 Å². The number of pyridine rings is 1. The Labute approximate surface area is 367 Å². The summed E-state index contributed by atoms with van der Waals surface area (Å²) in [6.07, 6.45) is -1.52. The lowest BCUT2D eigenvalue weighted by Gasteiger charge is -2.37. The molecule has 2 saturated heterocycles. The van der Waals surface area contributed by atoms with Gasteiger partial charge in [0.25, 0.3) is 5.91 Å². The molecule has 1 aromatic heterocycles. The van der Waals surface area contributed by atoms with E-state index in [1.165, 1.54) is 58.2 Å². The summed E-state index contributed by atoms with van der Waals surface area (Å²) < 4.78 is 5.91. The van der Waals surface area contributed by atoms with E-state index in [0.29, 0.717) is 5.56 Å². The number of fused-ring (bicyclic) bond motifs is 1. The molecule has 0 radical (unpaired) electrons.